The Labute approximate surface area is 184 Å². The van der Waals surface area contributed by atoms with Gasteiger partial charge in [0.1, 0.15) is 17.7 Å². The summed E-state index contributed by atoms with van der Waals surface area (Å²) in [5.74, 6) is -0.927. The molecule has 0 aliphatic carbocycles. The average Bonchev–Trinajstić information content (AvgIpc) is 3.20. The Morgan fingerprint density at radius 3 is 2.66 bits per heavy atom. The summed E-state index contributed by atoms with van der Waals surface area (Å²) in [6, 6.07) is 8.11. The Morgan fingerprint density at radius 1 is 1.31 bits per heavy atom. The summed E-state index contributed by atoms with van der Waals surface area (Å²) < 4.78 is 20.1. The first-order valence-electron chi connectivity index (χ1n) is 10.4. The number of rotatable bonds is 5. The maximum atomic E-state index is 14.9. The summed E-state index contributed by atoms with van der Waals surface area (Å²) in [6.45, 7) is 3.12. The molecule has 1 aromatic carbocycles. The predicted molar refractivity (Wildman–Crippen MR) is 116 cm³/mol. The maximum Gasteiger partial charge on any atom is 0.414 e. The van der Waals surface area contributed by atoms with Gasteiger partial charge in [-0.3, -0.25) is 9.69 Å². The van der Waals surface area contributed by atoms with Crippen molar-refractivity contribution in [1.29, 1.82) is 0 Å². The molecule has 0 bridgehead atoms. The number of ether oxygens (including phenoxy) is 1. The molecule has 2 aliphatic rings. The fourth-order valence-corrected chi connectivity index (χ4v) is 3.87. The van der Waals surface area contributed by atoms with Gasteiger partial charge in [0.15, 0.2) is 0 Å². The van der Waals surface area contributed by atoms with Crippen LogP contribution in [0.4, 0.5) is 20.7 Å². The first kappa shape index (κ1) is 21.5. The van der Waals surface area contributed by atoms with E-state index in [9.17, 15) is 14.0 Å². The van der Waals surface area contributed by atoms with Crippen molar-refractivity contribution in [2.75, 3.05) is 29.4 Å². The summed E-state index contributed by atoms with van der Waals surface area (Å²) >= 11 is 0. The molecule has 1 aromatic heterocycles. The highest BCUT2D eigenvalue weighted by molar-refractivity contribution is 5.91. The lowest BCUT2D eigenvalue weighted by Crippen LogP contribution is -2.34. The molecule has 168 valence electrons. The molecule has 10 heteroatoms. The summed E-state index contributed by atoms with van der Waals surface area (Å²) in [5.41, 5.74) is 7.37. The van der Waals surface area contributed by atoms with Crippen LogP contribution in [0.3, 0.4) is 0 Å². The number of nitrogens with two attached hydrogens (primary N) is 1. The van der Waals surface area contributed by atoms with Crippen LogP contribution < -0.4 is 15.5 Å². The van der Waals surface area contributed by atoms with Crippen LogP contribution in [0.2, 0.25) is 0 Å². The number of halogens is 1. The number of nitrogens with zero attached hydrogens (tertiary/aromatic N) is 4. The normalized spacial score (nSPS) is 19.6. The summed E-state index contributed by atoms with van der Waals surface area (Å²) in [7, 11) is 0. The highest BCUT2D eigenvalue weighted by atomic mass is 19.1. The molecule has 2 fully saturated rings. The number of hydrogen-bond donors (Lipinski definition) is 2. The van der Waals surface area contributed by atoms with Gasteiger partial charge >= 0.3 is 6.09 Å². The molecule has 3 N–H and O–H groups in total. The first-order valence-corrected chi connectivity index (χ1v) is 10.4. The molecule has 0 spiro atoms. The zero-order chi connectivity index (χ0) is 22.8. The van der Waals surface area contributed by atoms with Crippen molar-refractivity contribution in [1.82, 2.24) is 4.98 Å². The number of piperidine rings is 1. The van der Waals surface area contributed by atoms with Gasteiger partial charge in [0.25, 0.3) is 0 Å². The highest BCUT2D eigenvalue weighted by Crippen LogP contribution is 2.30. The van der Waals surface area contributed by atoms with E-state index in [0.717, 1.165) is 11.5 Å². The van der Waals surface area contributed by atoms with Crippen LogP contribution in [0.1, 0.15) is 19.8 Å². The van der Waals surface area contributed by atoms with Crippen molar-refractivity contribution in [3.63, 3.8) is 0 Å². The molecule has 4 rings (SSSR count). The first-order chi connectivity index (χ1) is 15.4. The number of benzene rings is 1. The van der Waals surface area contributed by atoms with Crippen LogP contribution in [0.15, 0.2) is 41.7 Å². The second-order valence-electron chi connectivity index (χ2n) is 7.95. The summed E-state index contributed by atoms with van der Waals surface area (Å²) in [6.07, 6.45) is 1.64. The zero-order valence-electron chi connectivity index (χ0n) is 17.6. The van der Waals surface area contributed by atoms with E-state index in [4.69, 9.17) is 15.7 Å². The lowest BCUT2D eigenvalue weighted by molar-refractivity contribution is -0.123. The minimum Gasteiger partial charge on any atom is -0.443 e. The molecule has 2 saturated heterocycles. The number of carbonyl (C=O) groups is 2. The number of oxime groups is 1. The van der Waals surface area contributed by atoms with Gasteiger partial charge in [-0.25, -0.2) is 14.2 Å². The van der Waals surface area contributed by atoms with Gasteiger partial charge < -0.3 is 20.6 Å². The SMILES string of the molecule is C[C@H](C(N)=O)C1CN(c2ccc(-c3ccc(N4CCC(=NO)CC4)nc3)c(F)c2)C(=O)O1. The maximum absolute atomic E-state index is 14.9. The van der Waals surface area contributed by atoms with Crippen LogP contribution >= 0.6 is 0 Å². The van der Waals surface area contributed by atoms with Crippen molar-refractivity contribution in [2.24, 2.45) is 16.8 Å². The summed E-state index contributed by atoms with van der Waals surface area (Å²) in [4.78, 5) is 31.4. The van der Waals surface area contributed by atoms with Gasteiger partial charge in [0.2, 0.25) is 5.91 Å². The lowest BCUT2D eigenvalue weighted by Gasteiger charge is -2.28. The Morgan fingerprint density at radius 2 is 2.06 bits per heavy atom. The second kappa shape index (κ2) is 8.81. The van der Waals surface area contributed by atoms with Crippen LogP contribution in [0.25, 0.3) is 11.1 Å². The second-order valence-corrected chi connectivity index (χ2v) is 7.95. The summed E-state index contributed by atoms with van der Waals surface area (Å²) in [5, 5.41) is 12.1. The molecule has 0 saturated carbocycles. The van der Waals surface area contributed by atoms with Gasteiger partial charge in [-0.05, 0) is 37.3 Å². The van der Waals surface area contributed by atoms with E-state index < -0.39 is 29.8 Å². The van der Waals surface area contributed by atoms with E-state index in [1.54, 1.807) is 31.3 Å². The molecular formula is C22H24FN5O4. The van der Waals surface area contributed by atoms with Crippen molar-refractivity contribution in [3.8, 4) is 11.1 Å². The Bertz CT molecular complexity index is 1050. The molecule has 32 heavy (non-hydrogen) atoms. The molecule has 3 heterocycles. The van der Waals surface area contributed by atoms with Crippen LogP contribution in [-0.2, 0) is 9.53 Å². The van der Waals surface area contributed by atoms with Gasteiger partial charge in [-0.1, -0.05) is 5.16 Å². The van der Waals surface area contributed by atoms with Gasteiger partial charge in [-0.2, -0.15) is 0 Å². The van der Waals surface area contributed by atoms with Crippen LogP contribution in [-0.4, -0.2) is 53.6 Å². The molecule has 2 aromatic rings. The fourth-order valence-electron chi connectivity index (χ4n) is 3.87. The third-order valence-corrected chi connectivity index (χ3v) is 5.97. The monoisotopic (exact) mass is 441 g/mol. The van der Waals surface area contributed by atoms with E-state index in [0.29, 0.717) is 42.7 Å². The number of cyclic esters (lactones) is 1. The highest BCUT2D eigenvalue weighted by Gasteiger charge is 2.38. The number of hydrogen-bond acceptors (Lipinski definition) is 7. The van der Waals surface area contributed by atoms with Crippen molar-refractivity contribution >= 4 is 29.2 Å². The van der Waals surface area contributed by atoms with E-state index in [-0.39, 0.29) is 6.54 Å². The molecular weight excluding hydrogens is 417 g/mol. The molecule has 2 amide bonds. The van der Waals surface area contributed by atoms with Crippen molar-refractivity contribution in [2.45, 2.75) is 25.9 Å². The van der Waals surface area contributed by atoms with E-state index in [1.165, 1.54) is 11.0 Å². The van der Waals surface area contributed by atoms with Crippen LogP contribution in [0, 0.1) is 11.7 Å². The minimum absolute atomic E-state index is 0.122. The Kier molecular flexibility index (Phi) is 5.93. The predicted octanol–water partition coefficient (Wildman–Crippen LogP) is 2.76. The number of primary amides is 1. The molecule has 2 aliphatic heterocycles. The minimum atomic E-state index is -0.672. The third-order valence-electron chi connectivity index (χ3n) is 5.97. The number of anilines is 2. The average molecular weight is 441 g/mol. The van der Waals surface area contributed by atoms with Gasteiger partial charge in [-0.15, -0.1) is 0 Å². The van der Waals surface area contributed by atoms with Crippen molar-refractivity contribution in [3.05, 3.63) is 42.3 Å². The zero-order valence-corrected chi connectivity index (χ0v) is 17.6. The van der Waals surface area contributed by atoms with Gasteiger partial charge in [0.05, 0.1) is 23.9 Å². The third kappa shape index (κ3) is 4.20. The molecule has 9 nitrogen and oxygen atoms in total. The smallest absolute Gasteiger partial charge is 0.414 e. The number of amides is 2. The molecule has 1 unspecified atom stereocenters. The standard InChI is InChI=1S/C22H24FN5O4/c1-13(21(24)29)19-12-28(22(30)32-19)16-3-4-17(18(23)10-16)14-2-5-20(25-11-14)27-8-6-15(26-31)7-9-27/h2-5,10-11,13,19,31H,6-9,12H2,1H3,(H2,24,29)/t13-,19?/m0/s1. The van der Waals surface area contributed by atoms with E-state index in [2.05, 4.69) is 15.0 Å². The lowest BCUT2D eigenvalue weighted by atomic mass is 10.0. The molecule has 2 atom stereocenters. The number of pyridine rings is 1. The van der Waals surface area contributed by atoms with Crippen LogP contribution in [0.5, 0.6) is 0 Å². The number of carbonyl (C=O) groups excluding carboxylic acids is 2. The molecule has 0 radical (unpaired) electrons. The quantitative estimate of drug-likeness (QED) is 0.544. The topological polar surface area (TPSA) is 121 Å². The number of aromatic nitrogens is 1. The van der Waals surface area contributed by atoms with Gasteiger partial charge in [0, 0.05) is 43.3 Å². The fraction of sp³-hybridized carbons (Fsp3) is 0.364. The van der Waals surface area contributed by atoms with E-state index >= 15 is 0 Å². The largest absolute Gasteiger partial charge is 0.443 e. The Hall–Kier alpha value is -3.69. The van der Waals surface area contributed by atoms with E-state index in [1.807, 2.05) is 6.07 Å². The van der Waals surface area contributed by atoms with Crippen molar-refractivity contribution < 1.29 is 23.9 Å². The Balaban J connectivity index is 1.48.